The normalized spacial score (nSPS) is 13.9. The lowest BCUT2D eigenvalue weighted by Crippen LogP contribution is -2.25. The number of carbonyl (C=O) groups is 1. The van der Waals surface area contributed by atoms with E-state index in [-0.39, 0.29) is 11.7 Å². The second-order valence-electron chi connectivity index (χ2n) is 8.67. The molecule has 2 aromatic heterocycles. The van der Waals surface area contributed by atoms with Gasteiger partial charge < -0.3 is 5.32 Å². The summed E-state index contributed by atoms with van der Waals surface area (Å²) in [7, 11) is 0. The third kappa shape index (κ3) is 4.74. The molecule has 1 aliphatic carbocycles. The van der Waals surface area contributed by atoms with Crippen LogP contribution in [0.25, 0.3) is 16.8 Å². The third-order valence-corrected chi connectivity index (χ3v) is 6.39. The van der Waals surface area contributed by atoms with Gasteiger partial charge in [-0.25, -0.2) is 13.9 Å². The van der Waals surface area contributed by atoms with Gasteiger partial charge in [-0.3, -0.25) is 4.79 Å². The van der Waals surface area contributed by atoms with E-state index in [1.54, 1.807) is 12.1 Å². The minimum atomic E-state index is -0.265. The third-order valence-electron chi connectivity index (χ3n) is 6.39. The van der Waals surface area contributed by atoms with Crippen LogP contribution < -0.4 is 5.32 Å². The van der Waals surface area contributed by atoms with E-state index in [0.717, 1.165) is 45.8 Å². The molecule has 0 saturated carbocycles. The fraction of sp³-hybridized carbons (Fsp3) is 0.423. The number of aromatic nitrogens is 3. The van der Waals surface area contributed by atoms with Crippen LogP contribution in [0.1, 0.15) is 61.2 Å². The Morgan fingerprint density at radius 2 is 1.88 bits per heavy atom. The van der Waals surface area contributed by atoms with Crippen LogP contribution in [0.2, 0.25) is 0 Å². The molecule has 4 rings (SSSR count). The summed E-state index contributed by atoms with van der Waals surface area (Å²) < 4.78 is 15.2. The van der Waals surface area contributed by atoms with Crippen molar-refractivity contribution in [3.05, 3.63) is 64.4 Å². The van der Waals surface area contributed by atoms with Crippen molar-refractivity contribution in [2.45, 2.75) is 65.7 Å². The molecule has 0 bridgehead atoms. The number of halogens is 1. The number of hydrogen-bond donors (Lipinski definition) is 1. The molecular formula is C26H31FN4O. The zero-order chi connectivity index (χ0) is 22.7. The molecule has 0 unspecified atom stereocenters. The Bertz CT molecular complexity index is 1160. The Hall–Kier alpha value is -3.02. The lowest BCUT2D eigenvalue weighted by atomic mass is 9.97. The zero-order valence-corrected chi connectivity index (χ0v) is 19.2. The van der Waals surface area contributed by atoms with Crippen molar-refractivity contribution in [2.24, 2.45) is 0 Å². The summed E-state index contributed by atoms with van der Waals surface area (Å²) in [6, 6.07) is 6.42. The van der Waals surface area contributed by atoms with Gasteiger partial charge in [0, 0.05) is 29.9 Å². The number of benzene rings is 1. The zero-order valence-electron chi connectivity index (χ0n) is 19.2. The summed E-state index contributed by atoms with van der Waals surface area (Å²) in [5.74, 6) is -0.192. The maximum absolute atomic E-state index is 13.4. The molecule has 0 aliphatic heterocycles. The van der Waals surface area contributed by atoms with Crippen LogP contribution in [0.3, 0.4) is 0 Å². The van der Waals surface area contributed by atoms with Gasteiger partial charge >= 0.3 is 0 Å². The first-order chi connectivity index (χ1) is 15.4. The van der Waals surface area contributed by atoms with Crippen molar-refractivity contribution in [1.29, 1.82) is 0 Å². The minimum absolute atomic E-state index is 0.0731. The minimum Gasteiger partial charge on any atom is -0.356 e. The predicted molar refractivity (Wildman–Crippen MR) is 125 cm³/mol. The highest BCUT2D eigenvalue weighted by atomic mass is 19.1. The lowest BCUT2D eigenvalue weighted by molar-refractivity contribution is -0.121. The van der Waals surface area contributed by atoms with E-state index >= 15 is 0 Å². The molecule has 0 saturated heterocycles. The smallest absolute Gasteiger partial charge is 0.220 e. The Morgan fingerprint density at radius 1 is 1.09 bits per heavy atom. The largest absolute Gasteiger partial charge is 0.356 e. The second kappa shape index (κ2) is 9.63. The number of amides is 1. The number of aryl methyl sites for hydroxylation is 3. The fourth-order valence-corrected chi connectivity index (χ4v) is 4.61. The van der Waals surface area contributed by atoms with E-state index in [1.165, 1.54) is 43.4 Å². The van der Waals surface area contributed by atoms with E-state index in [4.69, 9.17) is 10.1 Å². The summed E-state index contributed by atoms with van der Waals surface area (Å²) in [5, 5.41) is 7.76. The molecule has 1 N–H and O–H groups in total. The highest BCUT2D eigenvalue weighted by Gasteiger charge is 2.18. The molecule has 2 heterocycles. The van der Waals surface area contributed by atoms with Gasteiger partial charge in [0.1, 0.15) is 5.82 Å². The molecule has 5 nitrogen and oxygen atoms in total. The van der Waals surface area contributed by atoms with E-state index in [2.05, 4.69) is 11.4 Å². The van der Waals surface area contributed by atoms with Crippen molar-refractivity contribution in [1.82, 2.24) is 19.9 Å². The van der Waals surface area contributed by atoms with Gasteiger partial charge in [0.15, 0.2) is 5.65 Å². The van der Waals surface area contributed by atoms with Gasteiger partial charge in [-0.2, -0.15) is 5.10 Å². The van der Waals surface area contributed by atoms with E-state index < -0.39 is 0 Å². The highest BCUT2D eigenvalue weighted by Crippen LogP contribution is 2.29. The highest BCUT2D eigenvalue weighted by molar-refractivity contribution is 5.80. The maximum atomic E-state index is 13.4. The quantitative estimate of drug-likeness (QED) is 0.507. The lowest BCUT2D eigenvalue weighted by Gasteiger charge is -2.14. The number of nitrogens with one attached hydrogen (secondary N) is 1. The molecule has 3 aromatic rings. The maximum Gasteiger partial charge on any atom is 0.220 e. The fourth-order valence-electron chi connectivity index (χ4n) is 4.61. The molecule has 0 spiro atoms. The molecule has 0 atom stereocenters. The number of nitrogens with zero attached hydrogens (tertiary/aromatic N) is 3. The van der Waals surface area contributed by atoms with Crippen LogP contribution in [-0.4, -0.2) is 27.0 Å². The predicted octanol–water partition coefficient (Wildman–Crippen LogP) is 5.40. The van der Waals surface area contributed by atoms with E-state index in [0.29, 0.717) is 19.4 Å². The first-order valence-electron chi connectivity index (χ1n) is 11.5. The van der Waals surface area contributed by atoms with Crippen LogP contribution in [0.5, 0.6) is 0 Å². The summed E-state index contributed by atoms with van der Waals surface area (Å²) in [4.78, 5) is 17.2. The topological polar surface area (TPSA) is 59.3 Å². The van der Waals surface area contributed by atoms with Crippen molar-refractivity contribution >= 4 is 11.6 Å². The summed E-state index contributed by atoms with van der Waals surface area (Å²) in [6.45, 7) is 6.65. The van der Waals surface area contributed by atoms with Gasteiger partial charge in [-0.1, -0.05) is 23.8 Å². The second-order valence-corrected chi connectivity index (χ2v) is 8.67. The average Bonchev–Trinajstić information content (AvgIpc) is 3.11. The van der Waals surface area contributed by atoms with Gasteiger partial charge in [-0.05, 0) is 82.6 Å². The molecule has 32 heavy (non-hydrogen) atoms. The van der Waals surface area contributed by atoms with E-state index in [1.807, 2.05) is 25.3 Å². The van der Waals surface area contributed by atoms with E-state index in [9.17, 15) is 9.18 Å². The van der Waals surface area contributed by atoms with Crippen LogP contribution in [0.15, 0.2) is 35.9 Å². The summed E-state index contributed by atoms with van der Waals surface area (Å²) >= 11 is 0. The van der Waals surface area contributed by atoms with Crippen LogP contribution in [-0.2, 0) is 11.2 Å². The number of fused-ring (bicyclic) bond motifs is 1. The summed E-state index contributed by atoms with van der Waals surface area (Å²) in [5.41, 5.74) is 7.83. The van der Waals surface area contributed by atoms with Crippen molar-refractivity contribution in [3.8, 4) is 11.1 Å². The molecule has 1 aliphatic rings. The number of carbonyl (C=O) groups excluding carboxylic acids is 1. The molecular weight excluding hydrogens is 403 g/mol. The van der Waals surface area contributed by atoms with Crippen molar-refractivity contribution in [2.75, 3.05) is 6.54 Å². The molecule has 168 valence electrons. The first-order valence-corrected chi connectivity index (χ1v) is 11.5. The Morgan fingerprint density at radius 3 is 2.59 bits per heavy atom. The molecule has 0 radical (unpaired) electrons. The molecule has 1 aromatic carbocycles. The Kier molecular flexibility index (Phi) is 6.68. The van der Waals surface area contributed by atoms with Crippen LogP contribution >= 0.6 is 0 Å². The van der Waals surface area contributed by atoms with Gasteiger partial charge in [0.05, 0.1) is 5.69 Å². The van der Waals surface area contributed by atoms with Crippen molar-refractivity contribution in [3.63, 3.8) is 0 Å². The number of hydrogen-bond acceptors (Lipinski definition) is 3. The summed E-state index contributed by atoms with van der Waals surface area (Å²) in [6.07, 6.45) is 9.23. The van der Waals surface area contributed by atoms with Gasteiger partial charge in [0.25, 0.3) is 0 Å². The SMILES string of the molecule is Cc1nc2c(-c3ccc(F)cc3)c(C)nn2c(C)c1CCC(=O)NCCC1=CCCCC1. The average molecular weight is 435 g/mol. The first kappa shape index (κ1) is 22.2. The van der Waals surface area contributed by atoms with Crippen LogP contribution in [0, 0.1) is 26.6 Å². The van der Waals surface area contributed by atoms with Crippen molar-refractivity contribution < 1.29 is 9.18 Å². The molecule has 1 amide bonds. The molecule has 0 fully saturated rings. The number of rotatable bonds is 7. The Labute approximate surface area is 188 Å². The number of allylic oxidation sites excluding steroid dienone is 1. The van der Waals surface area contributed by atoms with Crippen LogP contribution in [0.4, 0.5) is 4.39 Å². The van der Waals surface area contributed by atoms with Gasteiger partial charge in [0.2, 0.25) is 5.91 Å². The Balaban J connectivity index is 1.47. The monoisotopic (exact) mass is 434 g/mol. The van der Waals surface area contributed by atoms with Gasteiger partial charge in [-0.15, -0.1) is 0 Å². The standard InChI is InChI=1S/C26H31FN4O/c1-17-23(13-14-24(32)28-16-15-20-7-5-4-6-8-20)19(3)31-26(29-17)25(18(2)30-31)21-9-11-22(27)12-10-21/h7,9-12H,4-6,8,13-16H2,1-3H3,(H,28,32). The molecule has 6 heteroatoms.